The highest BCUT2D eigenvalue weighted by molar-refractivity contribution is 5.77. The van der Waals surface area contributed by atoms with Crippen molar-refractivity contribution in [2.45, 2.75) is 6.92 Å². The lowest BCUT2D eigenvalue weighted by molar-refractivity contribution is 0.479. The molecule has 1 aromatic heterocycles. The van der Waals surface area contributed by atoms with Gasteiger partial charge < -0.3 is 15.0 Å². The number of hydrogen-bond acceptors (Lipinski definition) is 3. The van der Waals surface area contributed by atoms with E-state index >= 15 is 0 Å². The third-order valence-corrected chi connectivity index (χ3v) is 2.95. The highest BCUT2D eigenvalue weighted by Gasteiger charge is 2.05. The molecule has 0 amide bonds. The molecule has 0 bridgehead atoms. The van der Waals surface area contributed by atoms with Gasteiger partial charge >= 0.3 is 0 Å². The lowest BCUT2D eigenvalue weighted by atomic mass is 10.2. The summed E-state index contributed by atoms with van der Waals surface area (Å²) >= 11 is 0. The second-order valence-corrected chi connectivity index (χ2v) is 4.39. The van der Waals surface area contributed by atoms with Gasteiger partial charge in [-0.25, -0.2) is 4.98 Å². The number of hydrogen-bond donors (Lipinski definition) is 1. The molecule has 4 nitrogen and oxygen atoms in total. The van der Waals surface area contributed by atoms with Crippen LogP contribution in [0.2, 0.25) is 0 Å². The van der Waals surface area contributed by atoms with Crippen molar-refractivity contribution in [1.82, 2.24) is 9.55 Å². The predicted octanol–water partition coefficient (Wildman–Crippen LogP) is 3.26. The van der Waals surface area contributed by atoms with E-state index < -0.39 is 6.98 Å². The third-order valence-electron chi connectivity index (χ3n) is 2.95. The van der Waals surface area contributed by atoms with Crippen LogP contribution in [0.25, 0.3) is 11.0 Å². The van der Waals surface area contributed by atoms with Gasteiger partial charge in [-0.1, -0.05) is 0 Å². The molecule has 96 valence electrons. The van der Waals surface area contributed by atoms with Crippen LogP contribution in [0.5, 0.6) is 11.5 Å². The highest BCUT2D eigenvalue weighted by Crippen LogP contribution is 2.28. The number of aromatic nitrogens is 2. The standard InChI is InChI=1S/C15H15N3O/c1-10-7-11(16)3-6-15(10)19-12-4-5-14-13(8-12)17-9-18(14)2/h3-9H,16H2,1-2H3/i2D3. The van der Waals surface area contributed by atoms with Crippen LogP contribution >= 0.6 is 0 Å². The number of fused-ring (bicyclic) bond motifs is 1. The Balaban J connectivity index is 1.96. The Hall–Kier alpha value is -2.49. The fourth-order valence-electron chi connectivity index (χ4n) is 1.97. The summed E-state index contributed by atoms with van der Waals surface area (Å²) in [5, 5.41) is 0. The van der Waals surface area contributed by atoms with Gasteiger partial charge in [-0.05, 0) is 42.8 Å². The number of aryl methyl sites for hydroxylation is 2. The van der Waals surface area contributed by atoms with Gasteiger partial charge in [0.1, 0.15) is 11.5 Å². The fourth-order valence-corrected chi connectivity index (χ4v) is 1.97. The molecule has 0 aliphatic heterocycles. The molecule has 2 N–H and O–H groups in total. The largest absolute Gasteiger partial charge is 0.457 e. The molecule has 4 heteroatoms. The lowest BCUT2D eigenvalue weighted by Crippen LogP contribution is -1.91. The zero-order valence-electron chi connectivity index (χ0n) is 13.4. The predicted molar refractivity (Wildman–Crippen MR) is 76.4 cm³/mol. The molecule has 3 rings (SSSR count). The number of nitrogen functional groups attached to an aromatic ring is 1. The van der Waals surface area contributed by atoms with Gasteiger partial charge in [0.2, 0.25) is 0 Å². The van der Waals surface area contributed by atoms with E-state index in [0.29, 0.717) is 28.2 Å². The minimum Gasteiger partial charge on any atom is -0.457 e. The van der Waals surface area contributed by atoms with Crippen molar-refractivity contribution in [3.63, 3.8) is 0 Å². The van der Waals surface area contributed by atoms with Crippen LogP contribution in [-0.2, 0) is 6.98 Å². The minimum atomic E-state index is -2.25. The van der Waals surface area contributed by atoms with E-state index in [1.54, 1.807) is 30.3 Å². The number of nitrogens with zero attached hydrogens (tertiary/aromatic N) is 2. The van der Waals surface area contributed by atoms with Crippen LogP contribution in [0, 0.1) is 6.92 Å². The van der Waals surface area contributed by atoms with Crippen molar-refractivity contribution in [2.75, 3.05) is 5.73 Å². The van der Waals surface area contributed by atoms with Gasteiger partial charge in [-0.2, -0.15) is 0 Å². The van der Waals surface area contributed by atoms with E-state index in [1.165, 1.54) is 10.9 Å². The summed E-state index contributed by atoms with van der Waals surface area (Å²) in [6.45, 7) is -0.335. The monoisotopic (exact) mass is 256 g/mol. The van der Waals surface area contributed by atoms with E-state index in [4.69, 9.17) is 14.6 Å². The molecule has 0 unspecified atom stereocenters. The van der Waals surface area contributed by atoms with Gasteiger partial charge in [-0.15, -0.1) is 0 Å². The number of ether oxygens (including phenoxy) is 1. The van der Waals surface area contributed by atoms with E-state index in [0.717, 1.165) is 5.56 Å². The van der Waals surface area contributed by atoms with E-state index in [-0.39, 0.29) is 0 Å². The van der Waals surface area contributed by atoms with Crippen LogP contribution in [0.15, 0.2) is 42.7 Å². The van der Waals surface area contributed by atoms with Gasteiger partial charge in [0, 0.05) is 22.8 Å². The average Bonchev–Trinajstić information content (AvgIpc) is 2.85. The van der Waals surface area contributed by atoms with Crippen molar-refractivity contribution >= 4 is 16.7 Å². The van der Waals surface area contributed by atoms with E-state index in [9.17, 15) is 0 Å². The Labute approximate surface area is 115 Å². The molecule has 0 saturated carbocycles. The molecule has 19 heavy (non-hydrogen) atoms. The van der Waals surface area contributed by atoms with Crippen LogP contribution in [0.4, 0.5) is 5.69 Å². The maximum absolute atomic E-state index is 7.47. The van der Waals surface area contributed by atoms with Gasteiger partial charge in [-0.3, -0.25) is 0 Å². The first-order valence-corrected chi connectivity index (χ1v) is 5.86. The molecule has 0 aliphatic carbocycles. The first-order chi connectivity index (χ1) is 10.3. The Morgan fingerprint density at radius 3 is 2.95 bits per heavy atom. The zero-order chi connectivity index (χ0) is 15.9. The smallest absolute Gasteiger partial charge is 0.130 e. The molecule has 2 aromatic carbocycles. The van der Waals surface area contributed by atoms with Crippen molar-refractivity contribution in [3.05, 3.63) is 48.3 Å². The molecule has 0 saturated heterocycles. The summed E-state index contributed by atoms with van der Waals surface area (Å²) < 4.78 is 29.4. The zero-order valence-corrected chi connectivity index (χ0v) is 10.4. The highest BCUT2D eigenvalue weighted by atomic mass is 16.5. The number of nitrogens with two attached hydrogens (primary N) is 1. The Kier molecular flexibility index (Phi) is 1.95. The molecule has 0 fully saturated rings. The number of imidazole rings is 1. The number of benzene rings is 2. The Bertz CT molecular complexity index is 840. The van der Waals surface area contributed by atoms with E-state index in [2.05, 4.69) is 4.98 Å². The normalized spacial score (nSPS) is 13.8. The molecule has 3 aromatic rings. The summed E-state index contributed by atoms with van der Waals surface area (Å²) in [5.74, 6) is 1.29. The maximum atomic E-state index is 7.47. The third kappa shape index (κ3) is 2.12. The molecule has 0 radical (unpaired) electrons. The molecular formula is C15H15N3O. The molecule has 0 spiro atoms. The summed E-state index contributed by atoms with van der Waals surface area (Å²) in [6.07, 6.45) is 1.32. The van der Waals surface area contributed by atoms with Crippen molar-refractivity contribution in [3.8, 4) is 11.5 Å². The SMILES string of the molecule is [2H]C([2H])([2H])n1cnc2cc(Oc3ccc(N)cc3C)ccc21. The molecule has 1 heterocycles. The average molecular weight is 256 g/mol. The Morgan fingerprint density at radius 1 is 1.26 bits per heavy atom. The first kappa shape index (κ1) is 8.58. The second kappa shape index (κ2) is 4.31. The first-order valence-electron chi connectivity index (χ1n) is 7.36. The minimum absolute atomic E-state index is 0.543. The topological polar surface area (TPSA) is 53.1 Å². The van der Waals surface area contributed by atoms with Gasteiger partial charge in [0.15, 0.2) is 0 Å². The number of rotatable bonds is 2. The summed E-state index contributed by atoms with van der Waals surface area (Å²) in [4.78, 5) is 4.13. The fraction of sp³-hybridized carbons (Fsp3) is 0.133. The van der Waals surface area contributed by atoms with Crippen LogP contribution in [0.1, 0.15) is 9.68 Å². The van der Waals surface area contributed by atoms with Crippen LogP contribution < -0.4 is 10.5 Å². The Morgan fingerprint density at radius 2 is 2.16 bits per heavy atom. The quantitative estimate of drug-likeness (QED) is 0.716. The molecule has 0 atom stereocenters. The molecule has 0 aliphatic rings. The summed E-state index contributed by atoms with van der Waals surface area (Å²) in [6, 6.07) is 10.5. The second-order valence-electron chi connectivity index (χ2n) is 4.39. The summed E-state index contributed by atoms with van der Waals surface area (Å²) in [5.41, 5.74) is 8.43. The van der Waals surface area contributed by atoms with Crippen molar-refractivity contribution in [1.29, 1.82) is 0 Å². The van der Waals surface area contributed by atoms with Gasteiger partial charge in [0.25, 0.3) is 0 Å². The molecular weight excluding hydrogens is 238 g/mol. The van der Waals surface area contributed by atoms with Crippen molar-refractivity contribution < 1.29 is 8.85 Å². The maximum Gasteiger partial charge on any atom is 0.130 e. The van der Waals surface area contributed by atoms with Crippen LogP contribution in [0.3, 0.4) is 0 Å². The van der Waals surface area contributed by atoms with Gasteiger partial charge in [0.05, 0.1) is 17.4 Å². The van der Waals surface area contributed by atoms with Crippen molar-refractivity contribution in [2.24, 2.45) is 6.98 Å². The van der Waals surface area contributed by atoms with Crippen LogP contribution in [-0.4, -0.2) is 9.55 Å². The lowest BCUT2D eigenvalue weighted by Gasteiger charge is -2.09. The number of anilines is 1. The van der Waals surface area contributed by atoms with E-state index in [1.807, 2.05) is 13.0 Å². The summed E-state index contributed by atoms with van der Waals surface area (Å²) in [7, 11) is 0.